The molecule has 0 amide bonds. The van der Waals surface area contributed by atoms with Gasteiger partial charge in [-0.15, -0.1) is 0 Å². The second-order valence-corrected chi connectivity index (χ2v) is 4.51. The number of ether oxygens (including phenoxy) is 1. The Morgan fingerprint density at radius 3 is 3.00 bits per heavy atom. The van der Waals surface area contributed by atoms with Crippen molar-refractivity contribution in [3.8, 4) is 0 Å². The van der Waals surface area contributed by atoms with Crippen LogP contribution < -0.4 is 5.73 Å². The summed E-state index contributed by atoms with van der Waals surface area (Å²) in [6.07, 6.45) is 3.93. The van der Waals surface area contributed by atoms with E-state index in [-0.39, 0.29) is 12.1 Å². The number of hydrogen-bond acceptors (Lipinski definition) is 3. The minimum absolute atomic E-state index is 0.0108. The van der Waals surface area contributed by atoms with Crippen LogP contribution in [0.3, 0.4) is 0 Å². The number of rotatable bonds is 1. The van der Waals surface area contributed by atoms with Crippen molar-refractivity contribution >= 4 is 10.9 Å². The summed E-state index contributed by atoms with van der Waals surface area (Å²) in [6, 6.07) is 10.3. The molecule has 1 saturated heterocycles. The lowest BCUT2D eigenvalue weighted by Gasteiger charge is -2.29. The predicted molar refractivity (Wildman–Crippen MR) is 67.6 cm³/mol. The first-order valence-corrected chi connectivity index (χ1v) is 6.07. The van der Waals surface area contributed by atoms with Gasteiger partial charge in [-0.25, -0.2) is 0 Å². The Hall–Kier alpha value is -1.45. The molecule has 3 nitrogen and oxygen atoms in total. The van der Waals surface area contributed by atoms with Gasteiger partial charge in [-0.1, -0.05) is 18.2 Å². The topological polar surface area (TPSA) is 48.1 Å². The molecule has 3 heteroatoms. The maximum atomic E-state index is 6.16. The summed E-state index contributed by atoms with van der Waals surface area (Å²) in [6.45, 7) is 0.801. The number of nitrogens with two attached hydrogens (primary N) is 1. The minimum atomic E-state index is 0.0108. The summed E-state index contributed by atoms with van der Waals surface area (Å²) in [5.41, 5.74) is 8.33. The van der Waals surface area contributed by atoms with Gasteiger partial charge >= 0.3 is 0 Å². The molecule has 0 saturated carbocycles. The first-order chi connectivity index (χ1) is 8.36. The second-order valence-electron chi connectivity index (χ2n) is 4.51. The number of para-hydroxylation sites is 1. The first kappa shape index (κ1) is 10.7. The average molecular weight is 228 g/mol. The molecule has 2 heterocycles. The summed E-state index contributed by atoms with van der Waals surface area (Å²) < 4.78 is 5.83. The van der Waals surface area contributed by atoms with Gasteiger partial charge in [-0.3, -0.25) is 4.98 Å². The van der Waals surface area contributed by atoms with Crippen LogP contribution in [-0.2, 0) is 4.74 Å². The Bertz CT molecular complexity index is 521. The molecule has 2 unspecified atom stereocenters. The van der Waals surface area contributed by atoms with Gasteiger partial charge in [0.25, 0.3) is 0 Å². The molecule has 1 aromatic carbocycles. The van der Waals surface area contributed by atoms with Crippen LogP contribution in [0.15, 0.2) is 36.5 Å². The third kappa shape index (κ3) is 1.92. The van der Waals surface area contributed by atoms with Crippen molar-refractivity contribution in [2.75, 3.05) is 6.61 Å². The Labute approximate surface area is 101 Å². The first-order valence-electron chi connectivity index (χ1n) is 6.07. The van der Waals surface area contributed by atoms with Crippen LogP contribution >= 0.6 is 0 Å². The van der Waals surface area contributed by atoms with Crippen molar-refractivity contribution in [2.24, 2.45) is 5.73 Å². The summed E-state index contributed by atoms with van der Waals surface area (Å²) in [7, 11) is 0. The van der Waals surface area contributed by atoms with E-state index in [0.29, 0.717) is 0 Å². The molecule has 2 N–H and O–H groups in total. The Morgan fingerprint density at radius 2 is 2.12 bits per heavy atom. The van der Waals surface area contributed by atoms with Gasteiger partial charge in [0.1, 0.15) is 0 Å². The molecule has 17 heavy (non-hydrogen) atoms. The monoisotopic (exact) mass is 228 g/mol. The third-order valence-corrected chi connectivity index (χ3v) is 3.36. The van der Waals surface area contributed by atoms with Gasteiger partial charge in [-0.05, 0) is 30.5 Å². The molecule has 0 aliphatic carbocycles. The van der Waals surface area contributed by atoms with E-state index in [4.69, 9.17) is 10.5 Å². The fraction of sp³-hybridized carbons (Fsp3) is 0.357. The molecule has 2 aromatic rings. The van der Waals surface area contributed by atoms with E-state index in [1.54, 1.807) is 0 Å². The summed E-state index contributed by atoms with van der Waals surface area (Å²) in [5.74, 6) is 0. The van der Waals surface area contributed by atoms with E-state index in [1.807, 2.05) is 30.5 Å². The number of aromatic nitrogens is 1. The van der Waals surface area contributed by atoms with E-state index < -0.39 is 0 Å². The normalized spacial score (nSPS) is 25.0. The van der Waals surface area contributed by atoms with E-state index in [9.17, 15) is 0 Å². The standard InChI is InChI=1S/C14H16N2O/c15-12-5-3-9-17-14(12)11-7-8-16-13-6-2-1-4-10(11)13/h1-2,4,6-8,12,14H,3,5,9,15H2. The smallest absolute Gasteiger partial charge is 0.0982 e. The van der Waals surface area contributed by atoms with Crippen molar-refractivity contribution in [2.45, 2.75) is 25.0 Å². The van der Waals surface area contributed by atoms with Crippen molar-refractivity contribution < 1.29 is 4.74 Å². The van der Waals surface area contributed by atoms with Crippen LogP contribution in [-0.4, -0.2) is 17.6 Å². The zero-order valence-corrected chi connectivity index (χ0v) is 9.67. The molecule has 0 radical (unpaired) electrons. The summed E-state index contributed by atoms with van der Waals surface area (Å²) in [5, 5.41) is 1.15. The number of benzene rings is 1. The van der Waals surface area contributed by atoms with Crippen LogP contribution in [0.25, 0.3) is 10.9 Å². The van der Waals surface area contributed by atoms with Crippen LogP contribution in [0.1, 0.15) is 24.5 Å². The molecular formula is C14H16N2O. The summed E-state index contributed by atoms with van der Waals surface area (Å²) in [4.78, 5) is 4.37. The molecular weight excluding hydrogens is 212 g/mol. The highest BCUT2D eigenvalue weighted by Gasteiger charge is 2.25. The highest BCUT2D eigenvalue weighted by molar-refractivity contribution is 5.82. The fourth-order valence-corrected chi connectivity index (χ4v) is 2.49. The number of hydrogen-bond donors (Lipinski definition) is 1. The van der Waals surface area contributed by atoms with Gasteiger partial charge < -0.3 is 10.5 Å². The average Bonchev–Trinajstić information content (AvgIpc) is 2.39. The molecule has 2 atom stereocenters. The van der Waals surface area contributed by atoms with E-state index >= 15 is 0 Å². The third-order valence-electron chi connectivity index (χ3n) is 3.36. The van der Waals surface area contributed by atoms with Gasteiger partial charge in [0.05, 0.1) is 11.6 Å². The largest absolute Gasteiger partial charge is 0.372 e. The lowest BCUT2D eigenvalue weighted by Crippen LogP contribution is -2.34. The molecule has 0 bridgehead atoms. The zero-order valence-electron chi connectivity index (χ0n) is 9.67. The fourth-order valence-electron chi connectivity index (χ4n) is 2.49. The predicted octanol–water partition coefficient (Wildman–Crippen LogP) is 2.41. The maximum absolute atomic E-state index is 6.16. The Balaban J connectivity index is 2.10. The lowest BCUT2D eigenvalue weighted by molar-refractivity contribution is 0.00100. The zero-order chi connectivity index (χ0) is 11.7. The van der Waals surface area contributed by atoms with Crippen LogP contribution in [0.2, 0.25) is 0 Å². The van der Waals surface area contributed by atoms with Crippen molar-refractivity contribution in [1.29, 1.82) is 0 Å². The molecule has 88 valence electrons. The molecule has 1 aromatic heterocycles. The number of pyridine rings is 1. The van der Waals surface area contributed by atoms with Crippen LogP contribution in [0.4, 0.5) is 0 Å². The molecule has 1 fully saturated rings. The quantitative estimate of drug-likeness (QED) is 0.815. The van der Waals surface area contributed by atoms with E-state index in [0.717, 1.165) is 30.4 Å². The van der Waals surface area contributed by atoms with E-state index in [2.05, 4.69) is 11.1 Å². The Kier molecular flexibility index (Phi) is 2.79. The SMILES string of the molecule is NC1CCCOC1c1ccnc2ccccc12. The molecule has 1 aliphatic heterocycles. The van der Waals surface area contributed by atoms with Gasteiger partial charge in [0, 0.05) is 24.2 Å². The number of nitrogens with zero attached hydrogens (tertiary/aromatic N) is 1. The van der Waals surface area contributed by atoms with Gasteiger partial charge in [0.2, 0.25) is 0 Å². The highest BCUT2D eigenvalue weighted by Crippen LogP contribution is 2.31. The molecule has 3 rings (SSSR count). The van der Waals surface area contributed by atoms with E-state index in [1.165, 1.54) is 5.56 Å². The van der Waals surface area contributed by atoms with Crippen LogP contribution in [0, 0.1) is 0 Å². The lowest BCUT2D eigenvalue weighted by atomic mass is 9.94. The minimum Gasteiger partial charge on any atom is -0.372 e. The van der Waals surface area contributed by atoms with Crippen molar-refractivity contribution in [1.82, 2.24) is 4.98 Å². The van der Waals surface area contributed by atoms with Gasteiger partial charge in [0.15, 0.2) is 0 Å². The Morgan fingerprint density at radius 1 is 1.24 bits per heavy atom. The van der Waals surface area contributed by atoms with Gasteiger partial charge in [-0.2, -0.15) is 0 Å². The summed E-state index contributed by atoms with van der Waals surface area (Å²) >= 11 is 0. The van der Waals surface area contributed by atoms with Crippen LogP contribution in [0.5, 0.6) is 0 Å². The van der Waals surface area contributed by atoms with Crippen molar-refractivity contribution in [3.05, 3.63) is 42.1 Å². The highest BCUT2D eigenvalue weighted by atomic mass is 16.5. The number of fused-ring (bicyclic) bond motifs is 1. The van der Waals surface area contributed by atoms with Crippen molar-refractivity contribution in [3.63, 3.8) is 0 Å². The second kappa shape index (κ2) is 4.43. The maximum Gasteiger partial charge on any atom is 0.0982 e. The molecule has 0 spiro atoms. The molecule has 1 aliphatic rings.